The Balaban J connectivity index is 0.00000176. The molecule has 1 aliphatic rings. The molecule has 1 aromatic carbocycles. The number of aromatic nitrogens is 2. The predicted octanol–water partition coefficient (Wildman–Crippen LogP) is 1.28. The number of benzene rings is 1. The molecular formula is C14H19ClN4O2S. The number of sulfonamides is 1. The van der Waals surface area contributed by atoms with Crippen molar-refractivity contribution in [2.75, 3.05) is 19.6 Å². The van der Waals surface area contributed by atoms with Gasteiger partial charge in [-0.1, -0.05) is 18.2 Å². The fourth-order valence-corrected chi connectivity index (χ4v) is 3.89. The van der Waals surface area contributed by atoms with Crippen molar-refractivity contribution in [3.63, 3.8) is 0 Å². The molecule has 1 unspecified atom stereocenters. The SMILES string of the molecule is CC1CN(S(=O)(=O)c2cnn(-c3ccccc3)c2)CCN1.Cl. The van der Waals surface area contributed by atoms with E-state index in [4.69, 9.17) is 0 Å². The van der Waals surface area contributed by atoms with E-state index in [1.165, 1.54) is 10.5 Å². The lowest BCUT2D eigenvalue weighted by molar-refractivity contribution is 0.310. The lowest BCUT2D eigenvalue weighted by Crippen LogP contribution is -2.51. The summed E-state index contributed by atoms with van der Waals surface area (Å²) in [6.07, 6.45) is 2.98. The largest absolute Gasteiger partial charge is 0.312 e. The van der Waals surface area contributed by atoms with Crippen LogP contribution >= 0.6 is 12.4 Å². The van der Waals surface area contributed by atoms with Crippen LogP contribution in [-0.2, 0) is 10.0 Å². The van der Waals surface area contributed by atoms with Crippen LogP contribution in [0.5, 0.6) is 0 Å². The second-order valence-electron chi connectivity index (χ2n) is 5.17. The molecule has 22 heavy (non-hydrogen) atoms. The first-order valence-corrected chi connectivity index (χ1v) is 8.35. The van der Waals surface area contributed by atoms with Crippen molar-refractivity contribution in [2.24, 2.45) is 0 Å². The average molecular weight is 343 g/mol. The van der Waals surface area contributed by atoms with Crippen LogP contribution < -0.4 is 5.32 Å². The molecule has 6 nitrogen and oxygen atoms in total. The highest BCUT2D eigenvalue weighted by atomic mass is 35.5. The van der Waals surface area contributed by atoms with Crippen molar-refractivity contribution in [3.8, 4) is 5.69 Å². The maximum atomic E-state index is 12.6. The molecule has 120 valence electrons. The first-order valence-electron chi connectivity index (χ1n) is 6.91. The molecule has 1 atom stereocenters. The zero-order valence-electron chi connectivity index (χ0n) is 12.2. The quantitative estimate of drug-likeness (QED) is 0.912. The van der Waals surface area contributed by atoms with Gasteiger partial charge in [-0.2, -0.15) is 9.40 Å². The highest BCUT2D eigenvalue weighted by Crippen LogP contribution is 2.18. The van der Waals surface area contributed by atoms with Gasteiger partial charge in [-0.05, 0) is 19.1 Å². The minimum absolute atomic E-state index is 0. The maximum absolute atomic E-state index is 12.6. The van der Waals surface area contributed by atoms with Gasteiger partial charge < -0.3 is 5.32 Å². The fraction of sp³-hybridized carbons (Fsp3) is 0.357. The zero-order valence-corrected chi connectivity index (χ0v) is 13.8. The van der Waals surface area contributed by atoms with Gasteiger partial charge >= 0.3 is 0 Å². The zero-order chi connectivity index (χ0) is 14.9. The van der Waals surface area contributed by atoms with E-state index in [2.05, 4.69) is 10.4 Å². The topological polar surface area (TPSA) is 67.2 Å². The summed E-state index contributed by atoms with van der Waals surface area (Å²) in [5, 5.41) is 7.40. The predicted molar refractivity (Wildman–Crippen MR) is 87.0 cm³/mol. The lowest BCUT2D eigenvalue weighted by atomic mass is 10.3. The first kappa shape index (κ1) is 17.0. The van der Waals surface area contributed by atoms with Gasteiger partial charge in [0.1, 0.15) is 4.90 Å². The Morgan fingerprint density at radius 1 is 1.27 bits per heavy atom. The van der Waals surface area contributed by atoms with Crippen LogP contribution in [0.25, 0.3) is 5.69 Å². The summed E-state index contributed by atoms with van der Waals surface area (Å²) in [4.78, 5) is 0.237. The second kappa shape index (κ2) is 6.78. The fourth-order valence-electron chi connectivity index (χ4n) is 2.43. The number of nitrogens with one attached hydrogen (secondary N) is 1. The molecule has 2 aromatic rings. The van der Waals surface area contributed by atoms with Gasteiger partial charge in [0.2, 0.25) is 10.0 Å². The van der Waals surface area contributed by atoms with Gasteiger partial charge in [0.05, 0.1) is 18.1 Å². The molecule has 0 saturated carbocycles. The van der Waals surface area contributed by atoms with Crippen molar-refractivity contribution in [1.82, 2.24) is 19.4 Å². The summed E-state index contributed by atoms with van der Waals surface area (Å²) in [7, 11) is -3.47. The summed E-state index contributed by atoms with van der Waals surface area (Å²) < 4.78 is 28.3. The summed E-state index contributed by atoms with van der Waals surface area (Å²) in [5.74, 6) is 0. The molecule has 1 saturated heterocycles. The smallest absolute Gasteiger partial charge is 0.246 e. The Morgan fingerprint density at radius 2 is 2.00 bits per heavy atom. The molecule has 0 spiro atoms. The highest BCUT2D eigenvalue weighted by Gasteiger charge is 2.29. The van der Waals surface area contributed by atoms with Crippen molar-refractivity contribution in [1.29, 1.82) is 0 Å². The van der Waals surface area contributed by atoms with Crippen molar-refractivity contribution in [3.05, 3.63) is 42.7 Å². The summed E-state index contributed by atoms with van der Waals surface area (Å²) in [5.41, 5.74) is 0.840. The second-order valence-corrected chi connectivity index (χ2v) is 7.11. The molecule has 8 heteroatoms. The van der Waals surface area contributed by atoms with E-state index in [1.807, 2.05) is 37.3 Å². The van der Waals surface area contributed by atoms with Gasteiger partial charge in [-0.25, -0.2) is 13.1 Å². The first-order chi connectivity index (χ1) is 10.1. The Labute approximate surface area is 136 Å². The van der Waals surface area contributed by atoms with Gasteiger partial charge in [-0.3, -0.25) is 0 Å². The Kier molecular flexibility index (Phi) is 5.23. The molecule has 0 bridgehead atoms. The lowest BCUT2D eigenvalue weighted by Gasteiger charge is -2.30. The van der Waals surface area contributed by atoms with Gasteiger partial charge in [-0.15, -0.1) is 12.4 Å². The Bertz CT molecular complexity index is 717. The highest BCUT2D eigenvalue weighted by molar-refractivity contribution is 7.89. The summed E-state index contributed by atoms with van der Waals surface area (Å²) in [6, 6.07) is 9.63. The van der Waals surface area contributed by atoms with E-state index in [9.17, 15) is 8.42 Å². The number of halogens is 1. The minimum Gasteiger partial charge on any atom is -0.312 e. The normalized spacial score (nSPS) is 19.6. The molecule has 3 rings (SSSR count). The molecule has 0 radical (unpaired) electrons. The molecule has 1 aromatic heterocycles. The summed E-state index contributed by atoms with van der Waals surface area (Å²) in [6.45, 7) is 3.63. The van der Waals surface area contributed by atoms with Crippen molar-refractivity contribution < 1.29 is 8.42 Å². The van der Waals surface area contributed by atoms with Crippen LogP contribution in [-0.4, -0.2) is 48.2 Å². The third kappa shape index (κ3) is 3.33. The standard InChI is InChI=1S/C14H18N4O2S.ClH/c1-12-10-17(8-7-15-12)21(19,20)14-9-16-18(11-14)13-5-3-2-4-6-13;/h2-6,9,11-12,15H,7-8,10H2,1H3;1H. The van der Waals surface area contributed by atoms with Gasteiger partial charge in [0, 0.05) is 25.7 Å². The number of para-hydroxylation sites is 1. The molecule has 1 aliphatic heterocycles. The molecule has 1 N–H and O–H groups in total. The van der Waals surface area contributed by atoms with E-state index < -0.39 is 10.0 Å². The van der Waals surface area contributed by atoms with Crippen LogP contribution in [0.2, 0.25) is 0 Å². The van der Waals surface area contributed by atoms with E-state index in [0.717, 1.165) is 5.69 Å². The van der Waals surface area contributed by atoms with Crippen LogP contribution in [0.1, 0.15) is 6.92 Å². The van der Waals surface area contributed by atoms with Crippen LogP contribution in [0, 0.1) is 0 Å². The van der Waals surface area contributed by atoms with Crippen molar-refractivity contribution >= 4 is 22.4 Å². The van der Waals surface area contributed by atoms with E-state index >= 15 is 0 Å². The van der Waals surface area contributed by atoms with Gasteiger partial charge in [0.15, 0.2) is 0 Å². The van der Waals surface area contributed by atoms with E-state index in [1.54, 1.807) is 10.9 Å². The molecule has 0 amide bonds. The molecule has 2 heterocycles. The van der Waals surface area contributed by atoms with E-state index in [0.29, 0.717) is 19.6 Å². The molecule has 0 aliphatic carbocycles. The van der Waals surface area contributed by atoms with Gasteiger partial charge in [0.25, 0.3) is 0 Å². The van der Waals surface area contributed by atoms with Crippen LogP contribution in [0.3, 0.4) is 0 Å². The average Bonchev–Trinajstić information content (AvgIpc) is 2.99. The third-order valence-electron chi connectivity index (χ3n) is 3.55. The Morgan fingerprint density at radius 3 is 2.68 bits per heavy atom. The Hall–Kier alpha value is -1.41. The monoisotopic (exact) mass is 342 g/mol. The number of hydrogen-bond donors (Lipinski definition) is 1. The molecular weight excluding hydrogens is 324 g/mol. The number of nitrogens with zero attached hydrogens (tertiary/aromatic N) is 3. The third-order valence-corrected chi connectivity index (χ3v) is 5.37. The minimum atomic E-state index is -3.47. The van der Waals surface area contributed by atoms with Crippen LogP contribution in [0.4, 0.5) is 0 Å². The van der Waals surface area contributed by atoms with Crippen LogP contribution in [0.15, 0.2) is 47.6 Å². The summed E-state index contributed by atoms with van der Waals surface area (Å²) >= 11 is 0. The van der Waals surface area contributed by atoms with E-state index in [-0.39, 0.29) is 23.3 Å². The van der Waals surface area contributed by atoms with Crippen molar-refractivity contribution in [2.45, 2.75) is 17.9 Å². The number of hydrogen-bond acceptors (Lipinski definition) is 4. The maximum Gasteiger partial charge on any atom is 0.246 e. The number of rotatable bonds is 3. The molecule has 1 fully saturated rings. The number of piperazine rings is 1.